The van der Waals surface area contributed by atoms with Crippen molar-refractivity contribution in [3.8, 4) is 5.75 Å². The Morgan fingerprint density at radius 2 is 1.63 bits per heavy atom. The third-order valence-electron chi connectivity index (χ3n) is 4.89. The summed E-state index contributed by atoms with van der Waals surface area (Å²) in [4.78, 5) is 31.0. The molecule has 1 aliphatic rings. The fraction of sp³-hybridized carbons (Fsp3) is 0.167. The zero-order chi connectivity index (χ0) is 21.1. The van der Waals surface area contributed by atoms with Crippen molar-refractivity contribution in [1.82, 2.24) is 0 Å². The van der Waals surface area contributed by atoms with E-state index >= 15 is 0 Å². The minimum absolute atomic E-state index is 0.309. The highest BCUT2D eigenvalue weighted by molar-refractivity contribution is 7.11. The van der Waals surface area contributed by atoms with Crippen LogP contribution < -0.4 is 14.5 Å². The number of hydrogen-bond donors (Lipinski definition) is 0. The third-order valence-corrected chi connectivity index (χ3v) is 5.77. The molecule has 0 N–H and O–H groups in total. The molecule has 6 heteroatoms. The average molecular weight is 419 g/mol. The number of amides is 2. The van der Waals surface area contributed by atoms with E-state index in [9.17, 15) is 9.59 Å². The number of para-hydroxylation sites is 1. The number of benzene rings is 2. The van der Waals surface area contributed by atoms with Crippen molar-refractivity contribution in [3.63, 3.8) is 0 Å². The Labute approximate surface area is 179 Å². The van der Waals surface area contributed by atoms with Gasteiger partial charge in [0, 0.05) is 17.1 Å². The van der Waals surface area contributed by atoms with Gasteiger partial charge < -0.3 is 9.64 Å². The number of carbonyl (C=O) groups excluding carboxylic acids is 2. The predicted octanol–water partition coefficient (Wildman–Crippen LogP) is 4.96. The Kier molecular flexibility index (Phi) is 5.68. The van der Waals surface area contributed by atoms with E-state index in [1.807, 2.05) is 66.6 Å². The first kappa shape index (κ1) is 19.9. The molecule has 0 aliphatic carbocycles. The predicted molar refractivity (Wildman–Crippen MR) is 121 cm³/mol. The van der Waals surface area contributed by atoms with E-state index in [-0.39, 0.29) is 11.8 Å². The molecule has 0 saturated heterocycles. The Hall–Kier alpha value is -3.38. The molecule has 152 valence electrons. The van der Waals surface area contributed by atoms with Crippen molar-refractivity contribution >= 4 is 40.1 Å². The Morgan fingerprint density at radius 3 is 2.23 bits per heavy atom. The normalized spacial score (nSPS) is 13.9. The lowest BCUT2D eigenvalue weighted by molar-refractivity contribution is -0.120. The number of imide groups is 1. The third kappa shape index (κ3) is 3.50. The second-order valence-corrected chi connectivity index (χ2v) is 7.60. The van der Waals surface area contributed by atoms with Crippen molar-refractivity contribution in [3.05, 3.63) is 82.7 Å². The summed E-state index contributed by atoms with van der Waals surface area (Å²) in [7, 11) is 0. The highest BCUT2D eigenvalue weighted by Crippen LogP contribution is 2.38. The molecule has 4 rings (SSSR count). The minimum atomic E-state index is -0.321. The zero-order valence-corrected chi connectivity index (χ0v) is 17.7. The summed E-state index contributed by atoms with van der Waals surface area (Å²) in [6.45, 7) is 5.00. The summed E-state index contributed by atoms with van der Waals surface area (Å²) >= 11 is 1.45. The molecule has 1 aromatic heterocycles. The molecule has 0 unspecified atom stereocenters. The van der Waals surface area contributed by atoms with E-state index in [0.717, 1.165) is 10.6 Å². The van der Waals surface area contributed by atoms with Crippen LogP contribution in [0.25, 0.3) is 5.57 Å². The van der Waals surface area contributed by atoms with Gasteiger partial charge in [0.05, 0.1) is 17.9 Å². The molecule has 0 spiro atoms. The Bertz CT molecular complexity index is 1070. The van der Waals surface area contributed by atoms with Crippen molar-refractivity contribution in [2.75, 3.05) is 23.0 Å². The molecule has 0 saturated carbocycles. The summed E-state index contributed by atoms with van der Waals surface area (Å²) in [5, 5.41) is 1.91. The molecule has 2 amide bonds. The van der Waals surface area contributed by atoms with Gasteiger partial charge in [-0.2, -0.15) is 0 Å². The zero-order valence-electron chi connectivity index (χ0n) is 16.9. The van der Waals surface area contributed by atoms with Gasteiger partial charge in [-0.1, -0.05) is 24.3 Å². The SMILES string of the molecule is CCOc1ccc(N2C(=O)C(c3cccs3)=C(N(CC)c3ccccc3)C2=O)cc1. The Balaban J connectivity index is 1.81. The number of carbonyl (C=O) groups is 2. The molecule has 0 bridgehead atoms. The van der Waals surface area contributed by atoms with Gasteiger partial charge in [-0.05, 0) is 61.7 Å². The van der Waals surface area contributed by atoms with E-state index in [1.165, 1.54) is 16.2 Å². The summed E-state index contributed by atoms with van der Waals surface area (Å²) < 4.78 is 5.49. The number of thiophene rings is 1. The molecule has 30 heavy (non-hydrogen) atoms. The fourth-order valence-electron chi connectivity index (χ4n) is 3.58. The van der Waals surface area contributed by atoms with Gasteiger partial charge in [-0.15, -0.1) is 11.3 Å². The number of ether oxygens (including phenoxy) is 1. The van der Waals surface area contributed by atoms with Gasteiger partial charge in [-0.25, -0.2) is 4.90 Å². The van der Waals surface area contributed by atoms with Crippen LogP contribution in [-0.4, -0.2) is 25.0 Å². The highest BCUT2D eigenvalue weighted by Gasteiger charge is 2.43. The van der Waals surface area contributed by atoms with E-state index < -0.39 is 0 Å². The highest BCUT2D eigenvalue weighted by atomic mass is 32.1. The van der Waals surface area contributed by atoms with Crippen LogP contribution in [0.2, 0.25) is 0 Å². The minimum Gasteiger partial charge on any atom is -0.494 e. The maximum atomic E-state index is 13.6. The fourth-order valence-corrected chi connectivity index (χ4v) is 4.34. The standard InChI is InChI=1S/C24H22N2O3S/c1-3-25(17-9-6-5-7-10-17)22-21(20-11-8-16-30-20)23(27)26(24(22)28)18-12-14-19(15-13-18)29-4-2/h5-16H,3-4H2,1-2H3. The number of likely N-dealkylation sites (N-methyl/N-ethyl adjacent to an activating group) is 1. The molecule has 5 nitrogen and oxygen atoms in total. The second-order valence-electron chi connectivity index (χ2n) is 6.65. The van der Waals surface area contributed by atoms with Crippen LogP contribution in [0.4, 0.5) is 11.4 Å². The molecular formula is C24H22N2O3S. The summed E-state index contributed by atoms with van der Waals surface area (Å²) in [5.41, 5.74) is 2.25. The van der Waals surface area contributed by atoms with Gasteiger partial charge >= 0.3 is 0 Å². The second kappa shape index (κ2) is 8.55. The number of hydrogen-bond acceptors (Lipinski definition) is 5. The number of nitrogens with zero attached hydrogens (tertiary/aromatic N) is 2. The van der Waals surface area contributed by atoms with Gasteiger partial charge in [0.1, 0.15) is 11.4 Å². The molecule has 0 radical (unpaired) electrons. The molecule has 0 fully saturated rings. The van der Waals surface area contributed by atoms with Crippen LogP contribution in [0.5, 0.6) is 5.75 Å². The lowest BCUT2D eigenvalue weighted by Gasteiger charge is -2.24. The lowest BCUT2D eigenvalue weighted by Crippen LogP contribution is -2.35. The van der Waals surface area contributed by atoms with Crippen molar-refractivity contribution in [2.24, 2.45) is 0 Å². The number of rotatable bonds is 7. The smallest absolute Gasteiger partial charge is 0.282 e. The maximum Gasteiger partial charge on any atom is 0.282 e. The van der Waals surface area contributed by atoms with E-state index in [2.05, 4.69) is 0 Å². The van der Waals surface area contributed by atoms with Crippen LogP contribution >= 0.6 is 11.3 Å². The van der Waals surface area contributed by atoms with E-state index in [1.54, 1.807) is 24.3 Å². The average Bonchev–Trinajstić information content (AvgIpc) is 3.37. The summed E-state index contributed by atoms with van der Waals surface area (Å²) in [5.74, 6) is 0.0701. The first-order chi connectivity index (χ1) is 14.7. The van der Waals surface area contributed by atoms with E-state index in [0.29, 0.717) is 35.9 Å². The maximum absolute atomic E-state index is 13.6. The van der Waals surface area contributed by atoms with Crippen LogP contribution in [0.15, 0.2) is 77.8 Å². The molecule has 2 heterocycles. The molecule has 2 aromatic carbocycles. The van der Waals surface area contributed by atoms with Crippen LogP contribution in [0, 0.1) is 0 Å². The van der Waals surface area contributed by atoms with Gasteiger partial charge in [0.25, 0.3) is 11.8 Å². The van der Waals surface area contributed by atoms with Crippen LogP contribution in [0.3, 0.4) is 0 Å². The lowest BCUT2D eigenvalue weighted by atomic mass is 10.1. The first-order valence-corrected chi connectivity index (χ1v) is 10.8. The largest absolute Gasteiger partial charge is 0.494 e. The Morgan fingerprint density at radius 1 is 0.900 bits per heavy atom. The topological polar surface area (TPSA) is 49.9 Å². The van der Waals surface area contributed by atoms with Gasteiger partial charge in [0.2, 0.25) is 0 Å². The van der Waals surface area contributed by atoms with Gasteiger partial charge in [-0.3, -0.25) is 9.59 Å². The van der Waals surface area contributed by atoms with Crippen molar-refractivity contribution in [2.45, 2.75) is 13.8 Å². The summed E-state index contributed by atoms with van der Waals surface area (Å²) in [6.07, 6.45) is 0. The van der Waals surface area contributed by atoms with Crippen LogP contribution in [-0.2, 0) is 9.59 Å². The van der Waals surface area contributed by atoms with Gasteiger partial charge in [0.15, 0.2) is 0 Å². The number of anilines is 2. The van der Waals surface area contributed by atoms with Crippen molar-refractivity contribution < 1.29 is 14.3 Å². The van der Waals surface area contributed by atoms with Crippen molar-refractivity contribution in [1.29, 1.82) is 0 Å². The quantitative estimate of drug-likeness (QED) is 0.509. The monoisotopic (exact) mass is 418 g/mol. The molecule has 0 atom stereocenters. The summed E-state index contributed by atoms with van der Waals surface area (Å²) in [6, 6.07) is 20.5. The first-order valence-electron chi connectivity index (χ1n) is 9.88. The molecule has 3 aromatic rings. The van der Waals surface area contributed by atoms with Crippen LogP contribution in [0.1, 0.15) is 18.7 Å². The molecule has 1 aliphatic heterocycles. The van der Waals surface area contributed by atoms with E-state index in [4.69, 9.17) is 4.74 Å². The molecular weight excluding hydrogens is 396 g/mol.